The Morgan fingerprint density at radius 1 is 1.25 bits per heavy atom. The van der Waals surface area contributed by atoms with E-state index in [4.69, 9.17) is 27.1 Å². The Balaban J connectivity index is 2.19. The zero-order valence-electron chi connectivity index (χ0n) is 12.7. The molecule has 7 heteroatoms. The van der Waals surface area contributed by atoms with Crippen LogP contribution in [0.2, 0.25) is 0 Å². The first-order valence-corrected chi connectivity index (χ1v) is 8.24. The highest BCUT2D eigenvalue weighted by Gasteiger charge is 2.11. The van der Waals surface area contributed by atoms with Crippen molar-refractivity contribution >= 4 is 49.8 Å². The van der Waals surface area contributed by atoms with Crippen molar-refractivity contribution in [3.05, 3.63) is 64.1 Å². The lowest BCUT2D eigenvalue weighted by atomic mass is 10.1. The fourth-order valence-electron chi connectivity index (χ4n) is 2.21. The van der Waals surface area contributed by atoms with E-state index >= 15 is 0 Å². The van der Waals surface area contributed by atoms with E-state index in [0.717, 1.165) is 15.5 Å². The average molecular weight is 404 g/mol. The summed E-state index contributed by atoms with van der Waals surface area (Å²) in [6, 6.07) is 15.1. The second kappa shape index (κ2) is 7.02. The van der Waals surface area contributed by atoms with Gasteiger partial charge in [-0.05, 0) is 30.3 Å². The lowest BCUT2D eigenvalue weighted by molar-refractivity contribution is 0.405. The molecule has 0 aliphatic heterocycles. The van der Waals surface area contributed by atoms with E-state index in [1.54, 1.807) is 7.11 Å². The molecule has 0 aliphatic carbocycles. The molecule has 3 rings (SSSR count). The number of benzene rings is 2. The summed E-state index contributed by atoms with van der Waals surface area (Å²) in [5.41, 5.74) is 11.0. The predicted octanol–water partition coefficient (Wildman–Crippen LogP) is 3.77. The summed E-state index contributed by atoms with van der Waals surface area (Å²) >= 11 is 8.57. The van der Waals surface area contributed by atoms with Gasteiger partial charge >= 0.3 is 0 Å². The Bertz CT molecular complexity index is 971. The van der Waals surface area contributed by atoms with Crippen molar-refractivity contribution in [1.29, 1.82) is 0 Å². The van der Waals surface area contributed by atoms with Crippen LogP contribution < -0.4 is 21.5 Å². The molecule has 122 valence electrons. The topological polar surface area (TPSA) is 72.8 Å². The van der Waals surface area contributed by atoms with E-state index < -0.39 is 0 Å². The highest BCUT2D eigenvalue weighted by Crippen LogP contribution is 2.29. The highest BCUT2D eigenvalue weighted by atomic mass is 79.9. The standard InChI is InChI=1S/C17H14BrN3O2S/c1-22-14-9-11(18)7-10-8-13(16(19)24)17(23-15(10)14)21-20-12-5-3-2-4-6-12/h2-9,20H,1H3,(H2,19,24)/b21-17+. The van der Waals surface area contributed by atoms with Gasteiger partial charge in [-0.1, -0.05) is 46.3 Å². The number of nitrogens with two attached hydrogens (primary N) is 1. The third-order valence-corrected chi connectivity index (χ3v) is 4.00. The molecule has 0 atom stereocenters. The molecule has 0 aliphatic rings. The van der Waals surface area contributed by atoms with Crippen LogP contribution in [0, 0.1) is 0 Å². The number of halogens is 1. The first-order valence-electron chi connectivity index (χ1n) is 7.04. The van der Waals surface area contributed by atoms with E-state index in [1.807, 2.05) is 48.5 Å². The quantitative estimate of drug-likeness (QED) is 0.512. The van der Waals surface area contributed by atoms with Crippen LogP contribution in [-0.4, -0.2) is 12.1 Å². The van der Waals surface area contributed by atoms with Crippen LogP contribution in [0.3, 0.4) is 0 Å². The summed E-state index contributed by atoms with van der Waals surface area (Å²) in [7, 11) is 1.58. The van der Waals surface area contributed by atoms with Crippen LogP contribution >= 0.6 is 28.1 Å². The van der Waals surface area contributed by atoms with Gasteiger partial charge in [0.25, 0.3) is 0 Å². The van der Waals surface area contributed by atoms with Gasteiger partial charge in [0.15, 0.2) is 11.3 Å². The highest BCUT2D eigenvalue weighted by molar-refractivity contribution is 9.10. The van der Waals surface area contributed by atoms with Gasteiger partial charge in [0.2, 0.25) is 5.55 Å². The molecule has 0 fully saturated rings. The number of hydrogen-bond donors (Lipinski definition) is 2. The minimum Gasteiger partial charge on any atom is -0.493 e. The lowest BCUT2D eigenvalue weighted by Crippen LogP contribution is -2.22. The molecule has 3 aromatic rings. The van der Waals surface area contributed by atoms with Gasteiger partial charge < -0.3 is 14.9 Å². The maximum Gasteiger partial charge on any atom is 0.246 e. The number of nitrogens with one attached hydrogen (secondary N) is 1. The number of thiocarbonyl (C=S) groups is 1. The summed E-state index contributed by atoms with van der Waals surface area (Å²) in [4.78, 5) is 0.202. The van der Waals surface area contributed by atoms with Gasteiger partial charge in [-0.3, -0.25) is 5.43 Å². The number of rotatable bonds is 4. The Labute approximate surface area is 152 Å². The van der Waals surface area contributed by atoms with Crippen molar-refractivity contribution in [2.75, 3.05) is 12.5 Å². The molecule has 0 spiro atoms. The second-order valence-corrected chi connectivity index (χ2v) is 6.30. The van der Waals surface area contributed by atoms with Gasteiger partial charge in [0.05, 0.1) is 18.4 Å². The Hall–Kier alpha value is -2.38. The van der Waals surface area contributed by atoms with Gasteiger partial charge in [-0.2, -0.15) is 0 Å². The molecule has 3 N–H and O–H groups in total. The summed E-state index contributed by atoms with van der Waals surface area (Å²) in [5.74, 6) is 0.588. The fourth-order valence-corrected chi connectivity index (χ4v) is 2.81. The van der Waals surface area contributed by atoms with Crippen molar-refractivity contribution < 1.29 is 9.15 Å². The summed E-state index contributed by atoms with van der Waals surface area (Å²) in [5, 5.41) is 5.10. The molecule has 5 nitrogen and oxygen atoms in total. The molecule has 0 unspecified atom stereocenters. The summed E-state index contributed by atoms with van der Waals surface area (Å²) in [6.07, 6.45) is 0. The van der Waals surface area contributed by atoms with Crippen LogP contribution in [0.1, 0.15) is 5.56 Å². The smallest absolute Gasteiger partial charge is 0.246 e. The maximum atomic E-state index is 5.91. The monoisotopic (exact) mass is 403 g/mol. The molecule has 1 heterocycles. The van der Waals surface area contributed by atoms with Crippen molar-refractivity contribution in [2.45, 2.75) is 0 Å². The van der Waals surface area contributed by atoms with E-state index in [9.17, 15) is 0 Å². The molecule has 0 bridgehead atoms. The molecule has 0 amide bonds. The number of anilines is 1. The van der Waals surface area contributed by atoms with Crippen LogP contribution in [-0.2, 0) is 0 Å². The van der Waals surface area contributed by atoms with Crippen LogP contribution in [0.5, 0.6) is 5.75 Å². The number of methoxy groups -OCH3 is 1. The summed E-state index contributed by atoms with van der Waals surface area (Å²) in [6.45, 7) is 0. The Morgan fingerprint density at radius 3 is 2.67 bits per heavy atom. The minimum absolute atomic E-state index is 0.202. The maximum absolute atomic E-state index is 5.91. The Kier molecular flexibility index (Phi) is 4.82. The number of hydrogen-bond acceptors (Lipinski definition) is 5. The fraction of sp³-hybridized carbons (Fsp3) is 0.0588. The van der Waals surface area contributed by atoms with E-state index in [0.29, 0.717) is 22.5 Å². The van der Waals surface area contributed by atoms with Crippen molar-refractivity contribution in [3.63, 3.8) is 0 Å². The average Bonchev–Trinajstić information content (AvgIpc) is 2.59. The number of ether oxygens (including phenoxy) is 1. The second-order valence-electron chi connectivity index (χ2n) is 4.95. The minimum atomic E-state index is 0.202. The molecule has 0 saturated heterocycles. The third kappa shape index (κ3) is 3.42. The first kappa shape index (κ1) is 16.5. The molecular formula is C17H14BrN3O2S. The molecule has 0 saturated carbocycles. The van der Waals surface area contributed by atoms with Gasteiger partial charge in [-0.15, -0.1) is 5.10 Å². The normalized spacial score (nSPS) is 11.5. The van der Waals surface area contributed by atoms with E-state index in [-0.39, 0.29) is 4.99 Å². The largest absolute Gasteiger partial charge is 0.493 e. The zero-order chi connectivity index (χ0) is 17.1. The zero-order valence-corrected chi connectivity index (χ0v) is 15.1. The third-order valence-electron chi connectivity index (χ3n) is 3.32. The van der Waals surface area contributed by atoms with E-state index in [2.05, 4.69) is 26.5 Å². The summed E-state index contributed by atoms with van der Waals surface area (Å²) < 4.78 is 12.2. The van der Waals surface area contributed by atoms with Crippen LogP contribution in [0.4, 0.5) is 5.69 Å². The van der Waals surface area contributed by atoms with Crippen molar-refractivity contribution in [3.8, 4) is 5.75 Å². The number of nitrogens with zero attached hydrogens (tertiary/aromatic N) is 1. The number of fused-ring (bicyclic) bond motifs is 1. The van der Waals surface area contributed by atoms with Crippen molar-refractivity contribution in [2.24, 2.45) is 10.8 Å². The van der Waals surface area contributed by atoms with Gasteiger partial charge in [-0.25, -0.2) is 0 Å². The van der Waals surface area contributed by atoms with Crippen LogP contribution in [0.25, 0.3) is 11.0 Å². The van der Waals surface area contributed by atoms with E-state index in [1.165, 1.54) is 0 Å². The molecule has 2 aromatic carbocycles. The van der Waals surface area contributed by atoms with Gasteiger partial charge in [0.1, 0.15) is 4.99 Å². The molecular weight excluding hydrogens is 390 g/mol. The van der Waals surface area contributed by atoms with Crippen LogP contribution in [0.15, 0.2) is 62.5 Å². The lowest BCUT2D eigenvalue weighted by Gasteiger charge is -2.08. The molecule has 24 heavy (non-hydrogen) atoms. The first-order chi connectivity index (χ1) is 11.6. The SMILES string of the molecule is COc1cc(Br)cc2cc(C(N)=S)/c(=N\Nc3ccccc3)oc12. The molecule has 0 radical (unpaired) electrons. The Morgan fingerprint density at radius 2 is 2.00 bits per heavy atom. The van der Waals surface area contributed by atoms with Crippen molar-refractivity contribution in [1.82, 2.24) is 0 Å². The molecule has 1 aromatic heterocycles. The van der Waals surface area contributed by atoms with Gasteiger partial charge in [0, 0.05) is 9.86 Å². The predicted molar refractivity (Wildman–Crippen MR) is 102 cm³/mol. The number of para-hydroxylation sites is 1.